The molecule has 4 aromatic carbocycles. The van der Waals surface area contributed by atoms with Crippen LogP contribution in [0.1, 0.15) is 333 Å². The summed E-state index contributed by atoms with van der Waals surface area (Å²) in [5, 5.41) is 2.88. The number of hydrogen-bond acceptors (Lipinski definition) is 9. The Kier molecular flexibility index (Phi) is 37.2. The summed E-state index contributed by atoms with van der Waals surface area (Å²) in [5.41, 5.74) is 10.5. The number of unbranched alkanes of at least 4 members (excludes halogenated alkanes) is 26. The molecule has 11 heteroatoms. The van der Waals surface area contributed by atoms with Gasteiger partial charge < -0.3 is 0 Å². The van der Waals surface area contributed by atoms with Crippen molar-refractivity contribution in [2.45, 2.75) is 338 Å². The average Bonchev–Trinajstić information content (AvgIpc) is 1.58. The fourth-order valence-electron chi connectivity index (χ4n) is 17.5. The lowest BCUT2D eigenvalue weighted by molar-refractivity contribution is 0.401. The molecule has 2 nitrogen and oxygen atoms in total. The van der Waals surface area contributed by atoms with Crippen LogP contribution < -0.4 is 0 Å². The van der Waals surface area contributed by atoms with E-state index in [4.69, 9.17) is 20.3 Å². The van der Waals surface area contributed by atoms with Crippen LogP contribution >= 0.6 is 91.3 Å². The van der Waals surface area contributed by atoms with E-state index in [1.807, 2.05) is 56.7 Å². The van der Waals surface area contributed by atoms with Gasteiger partial charge in [0, 0.05) is 85.6 Å². The van der Waals surface area contributed by atoms with Crippen LogP contribution in [-0.2, 0) is 25.7 Å². The fourth-order valence-corrected chi connectivity index (χ4v) is 26.0. The Morgan fingerprint density at radius 2 is 0.685 bits per heavy atom. The second-order valence-corrected chi connectivity index (χ2v) is 40.5. The Hall–Kier alpha value is -4.36. The zero-order valence-electron chi connectivity index (χ0n) is 69.3. The minimum atomic E-state index is -0.378. The standard InChI is InChI=1S/C100H134ClFN2S7/c1-9-17-23-27-31-33-37-43-52-73(51-41-35-29-25-19-11-3)63-77-67-87(108-97(77)76-57-47-40-48-58-76)92-94(102)93(101)91(95-96(92)104-111-103-95)86-68-78(64-74(53-42-36-30-26-20-12-4)54-44-38-34-32-28-24-18-10-2)98(109-86)88-70-82-90(84-62-60-80(106-84)66-72(16-8)50-22-14-6)99-81(69-85(107-99)75-55-45-39-46-56-75)89(100(82)110-88)83-61-59-79(105-83)65-71(15-7)49-21-13-5/h39-40,45-48,55-62,67-74H,9-38,41-44,49-54,63-66H2,1-8H3. The third-order valence-corrected chi connectivity index (χ3v) is 32.3. The summed E-state index contributed by atoms with van der Waals surface area (Å²) < 4.78 is 31.9. The molecule has 7 heterocycles. The highest BCUT2D eigenvalue weighted by Crippen LogP contribution is 2.57. The first-order chi connectivity index (χ1) is 54.6. The van der Waals surface area contributed by atoms with Crippen LogP contribution in [0.4, 0.5) is 4.39 Å². The molecule has 11 rings (SSSR count). The van der Waals surface area contributed by atoms with Crippen LogP contribution in [0.3, 0.4) is 0 Å². The van der Waals surface area contributed by atoms with Gasteiger partial charge in [0.1, 0.15) is 11.0 Å². The maximum Gasteiger partial charge on any atom is 0.153 e. The van der Waals surface area contributed by atoms with Crippen LogP contribution in [0.15, 0.2) is 109 Å². The number of benzene rings is 4. The maximum absolute atomic E-state index is 18.8. The van der Waals surface area contributed by atoms with Gasteiger partial charge in [-0.1, -0.05) is 384 Å². The Morgan fingerprint density at radius 1 is 0.315 bits per heavy atom. The van der Waals surface area contributed by atoms with Gasteiger partial charge in [-0.2, -0.15) is 8.75 Å². The summed E-state index contributed by atoms with van der Waals surface area (Å²) in [6.45, 7) is 18.8. The van der Waals surface area contributed by atoms with Gasteiger partial charge in [-0.15, -0.1) is 68.0 Å². The molecule has 0 fully saturated rings. The second kappa shape index (κ2) is 47.1. The number of rotatable bonds is 55. The van der Waals surface area contributed by atoms with Crippen LogP contribution in [0.25, 0.3) is 104 Å². The van der Waals surface area contributed by atoms with Crippen LogP contribution in [0, 0.1) is 29.5 Å². The Morgan fingerprint density at radius 3 is 1.13 bits per heavy atom. The minimum Gasteiger partial charge on any atom is -0.205 e. The third-order valence-electron chi connectivity index (χ3n) is 24.2. The molecule has 600 valence electrons. The largest absolute Gasteiger partial charge is 0.205 e. The summed E-state index contributed by atoms with van der Waals surface area (Å²) in [6.07, 6.45) is 56.0. The smallest absolute Gasteiger partial charge is 0.153 e. The molecule has 0 radical (unpaired) electrons. The molecule has 0 N–H and O–H groups in total. The van der Waals surface area contributed by atoms with Gasteiger partial charge in [-0.05, 0) is 120 Å². The number of aromatic nitrogens is 2. The Balaban J connectivity index is 1.07. The van der Waals surface area contributed by atoms with Crippen molar-refractivity contribution in [3.63, 3.8) is 0 Å². The molecule has 7 aromatic heterocycles. The molecule has 0 saturated heterocycles. The molecule has 0 saturated carbocycles. The first-order valence-corrected chi connectivity index (χ1v) is 50.8. The zero-order chi connectivity index (χ0) is 77.5. The SMILES string of the molecule is CCCCCCCCCCC(CCCCCCCC)Cc1cc(-c2c(F)c(Cl)c(-c3cc(CC(CCCCCCCC)CCCCCCCCCC)c(-c4cc5c(-c6ccc(CC(CC)CCCC)s6)c6sc(-c7ccccc7)cc6c(-c6ccc(CC(CC)CCCC)s6)c5s4)s3)c3nsnc23)sc1-c1ccccc1. The third kappa shape index (κ3) is 24.4. The van der Waals surface area contributed by atoms with E-state index in [1.165, 1.54) is 361 Å². The second-order valence-electron chi connectivity index (χ2n) is 33.0. The predicted octanol–water partition coefficient (Wildman–Crippen LogP) is 37.2. The lowest BCUT2D eigenvalue weighted by Gasteiger charge is -2.18. The molecular formula is C100H134ClFN2S7. The summed E-state index contributed by atoms with van der Waals surface area (Å²) in [4.78, 5) is 12.8. The lowest BCUT2D eigenvalue weighted by atomic mass is 9.88. The van der Waals surface area contributed by atoms with Gasteiger partial charge in [-0.3, -0.25) is 0 Å². The first kappa shape index (κ1) is 87.5. The van der Waals surface area contributed by atoms with Gasteiger partial charge in [0.2, 0.25) is 0 Å². The van der Waals surface area contributed by atoms with E-state index in [0.29, 0.717) is 45.8 Å². The van der Waals surface area contributed by atoms with Crippen molar-refractivity contribution in [3.8, 4) is 72.4 Å². The van der Waals surface area contributed by atoms with Crippen molar-refractivity contribution in [2.75, 3.05) is 0 Å². The van der Waals surface area contributed by atoms with Gasteiger partial charge >= 0.3 is 0 Å². The van der Waals surface area contributed by atoms with Gasteiger partial charge in [0.05, 0.1) is 22.3 Å². The summed E-state index contributed by atoms with van der Waals surface area (Å²) in [6, 6.07) is 42.0. The summed E-state index contributed by atoms with van der Waals surface area (Å²) in [7, 11) is 0. The molecule has 0 spiro atoms. The van der Waals surface area contributed by atoms with E-state index in [0.717, 1.165) is 35.4 Å². The molecule has 4 unspecified atom stereocenters. The monoisotopic (exact) mass is 1640 g/mol. The number of halogens is 2. The molecule has 0 amide bonds. The lowest BCUT2D eigenvalue weighted by Crippen LogP contribution is -2.06. The quantitative estimate of drug-likeness (QED) is 0.0355. The molecule has 0 aliphatic heterocycles. The molecule has 11 aromatic rings. The Bertz CT molecular complexity index is 4370. The van der Waals surface area contributed by atoms with Gasteiger partial charge in [0.25, 0.3) is 0 Å². The van der Waals surface area contributed by atoms with Crippen molar-refractivity contribution >= 4 is 123 Å². The zero-order valence-corrected chi connectivity index (χ0v) is 75.8. The molecule has 111 heavy (non-hydrogen) atoms. The maximum atomic E-state index is 18.8. The van der Waals surface area contributed by atoms with Crippen LogP contribution in [0.5, 0.6) is 0 Å². The topological polar surface area (TPSA) is 25.8 Å². The van der Waals surface area contributed by atoms with E-state index in [1.54, 1.807) is 11.3 Å². The van der Waals surface area contributed by atoms with E-state index < -0.39 is 0 Å². The van der Waals surface area contributed by atoms with E-state index in [-0.39, 0.29) is 10.8 Å². The first-order valence-electron chi connectivity index (χ1n) is 44.8. The van der Waals surface area contributed by atoms with Crippen molar-refractivity contribution < 1.29 is 4.39 Å². The highest BCUT2D eigenvalue weighted by Gasteiger charge is 2.32. The van der Waals surface area contributed by atoms with E-state index in [9.17, 15) is 0 Å². The molecular weight excluding hydrogens is 1510 g/mol. The fraction of sp³-hybridized carbons (Fsp3) is 0.560. The Labute approximate surface area is 704 Å². The highest BCUT2D eigenvalue weighted by atomic mass is 35.5. The number of nitrogens with zero attached hydrogens (tertiary/aromatic N) is 2. The van der Waals surface area contributed by atoms with Gasteiger partial charge in [0.15, 0.2) is 5.82 Å². The van der Waals surface area contributed by atoms with E-state index in [2.05, 4.69) is 165 Å². The average molecular weight is 1640 g/mol. The molecule has 0 bridgehead atoms. The number of thiophene rings is 6. The van der Waals surface area contributed by atoms with E-state index >= 15 is 4.39 Å². The van der Waals surface area contributed by atoms with Crippen molar-refractivity contribution in [3.05, 3.63) is 141 Å². The summed E-state index contributed by atoms with van der Waals surface area (Å²) >= 11 is 20.8. The summed E-state index contributed by atoms with van der Waals surface area (Å²) in [5.74, 6) is 2.07. The number of fused-ring (bicyclic) bond motifs is 3. The van der Waals surface area contributed by atoms with Crippen molar-refractivity contribution in [1.29, 1.82) is 0 Å². The van der Waals surface area contributed by atoms with Crippen LogP contribution in [0.2, 0.25) is 5.02 Å². The van der Waals surface area contributed by atoms with Crippen molar-refractivity contribution in [2.24, 2.45) is 23.7 Å². The van der Waals surface area contributed by atoms with Gasteiger partial charge in [-0.25, -0.2) is 4.39 Å². The molecule has 4 atom stereocenters. The van der Waals surface area contributed by atoms with Crippen LogP contribution in [-0.4, -0.2) is 8.75 Å². The van der Waals surface area contributed by atoms with Crippen molar-refractivity contribution in [1.82, 2.24) is 8.75 Å². The minimum absolute atomic E-state index is 0.163. The molecule has 0 aliphatic rings. The highest BCUT2D eigenvalue weighted by molar-refractivity contribution is 7.29. The molecule has 0 aliphatic carbocycles. The number of hydrogen-bond donors (Lipinski definition) is 0. The normalized spacial score (nSPS) is 13.1. The predicted molar refractivity (Wildman–Crippen MR) is 502 cm³/mol.